The third kappa shape index (κ3) is 5.00. The highest BCUT2D eigenvalue weighted by Crippen LogP contribution is 2.29. The molecule has 0 aliphatic rings. The van der Waals surface area contributed by atoms with E-state index in [1.165, 1.54) is 0 Å². The second-order valence-corrected chi connectivity index (χ2v) is 5.55. The molecule has 88 valence electrons. The number of alkyl halides is 2. The maximum atomic E-state index is 11.9. The van der Waals surface area contributed by atoms with Gasteiger partial charge in [-0.05, 0) is 6.42 Å². The van der Waals surface area contributed by atoms with Gasteiger partial charge in [-0.2, -0.15) is 0 Å². The first kappa shape index (κ1) is 14.9. The highest BCUT2D eigenvalue weighted by atomic mass is 79.9. The van der Waals surface area contributed by atoms with Crippen LogP contribution in [-0.4, -0.2) is 41.4 Å². The summed E-state index contributed by atoms with van der Waals surface area (Å²) in [6.07, 6.45) is 2.19. The number of halogens is 2. The fraction of sp³-hybridized carbons (Fsp3) is 0.700. The van der Waals surface area contributed by atoms with Crippen LogP contribution in [0.4, 0.5) is 0 Å². The Kier molecular flexibility index (Phi) is 7.22. The van der Waals surface area contributed by atoms with Gasteiger partial charge in [-0.15, -0.1) is 6.58 Å². The molecule has 0 fully saturated rings. The van der Waals surface area contributed by atoms with E-state index in [0.29, 0.717) is 26.1 Å². The molecule has 0 radical (unpaired) electrons. The standard InChI is InChI=1S/C10H17BrClNO2/c1-4-6-13(7-8-15-3)9(14)10(11,12)5-2/h4H,1,5-8H2,2-3H3. The van der Waals surface area contributed by atoms with E-state index in [9.17, 15) is 4.79 Å². The minimum atomic E-state index is -1.01. The molecule has 1 amide bonds. The van der Waals surface area contributed by atoms with E-state index < -0.39 is 3.78 Å². The Morgan fingerprint density at radius 1 is 1.73 bits per heavy atom. The molecule has 0 aromatic rings. The largest absolute Gasteiger partial charge is 0.383 e. The van der Waals surface area contributed by atoms with Gasteiger partial charge < -0.3 is 9.64 Å². The number of nitrogens with zero attached hydrogens (tertiary/aromatic N) is 1. The first-order valence-corrected chi connectivity index (χ1v) is 5.93. The predicted octanol–water partition coefficient (Wildman–Crippen LogP) is 2.39. The second kappa shape index (κ2) is 7.25. The Hall–Kier alpha value is -0.0600. The molecule has 3 nitrogen and oxygen atoms in total. The summed E-state index contributed by atoms with van der Waals surface area (Å²) in [5.41, 5.74) is 0. The summed E-state index contributed by atoms with van der Waals surface area (Å²) in [7, 11) is 1.60. The highest BCUT2D eigenvalue weighted by Gasteiger charge is 2.34. The summed E-state index contributed by atoms with van der Waals surface area (Å²) in [6.45, 7) is 6.93. The number of hydrogen-bond acceptors (Lipinski definition) is 2. The van der Waals surface area contributed by atoms with Crippen molar-refractivity contribution in [3.8, 4) is 0 Å². The van der Waals surface area contributed by atoms with E-state index in [0.717, 1.165) is 0 Å². The lowest BCUT2D eigenvalue weighted by molar-refractivity contribution is -0.131. The first-order valence-electron chi connectivity index (χ1n) is 4.76. The molecule has 0 saturated carbocycles. The van der Waals surface area contributed by atoms with Crippen molar-refractivity contribution in [2.24, 2.45) is 0 Å². The molecule has 0 rings (SSSR count). The number of rotatable bonds is 7. The third-order valence-electron chi connectivity index (χ3n) is 1.96. The molecule has 5 heteroatoms. The Bertz CT molecular complexity index is 221. The van der Waals surface area contributed by atoms with Crippen LogP contribution < -0.4 is 0 Å². The van der Waals surface area contributed by atoms with E-state index in [-0.39, 0.29) is 5.91 Å². The maximum absolute atomic E-state index is 11.9. The lowest BCUT2D eigenvalue weighted by Gasteiger charge is -2.27. The normalized spacial score (nSPS) is 14.4. The van der Waals surface area contributed by atoms with Crippen LogP contribution in [0.25, 0.3) is 0 Å². The first-order chi connectivity index (χ1) is 6.99. The van der Waals surface area contributed by atoms with Gasteiger partial charge in [-0.25, -0.2) is 0 Å². The van der Waals surface area contributed by atoms with Crippen LogP contribution in [0.5, 0.6) is 0 Å². The lowest BCUT2D eigenvalue weighted by Crippen LogP contribution is -2.43. The van der Waals surface area contributed by atoms with E-state index >= 15 is 0 Å². The van der Waals surface area contributed by atoms with Crippen molar-refractivity contribution < 1.29 is 9.53 Å². The zero-order chi connectivity index (χ0) is 11.9. The van der Waals surface area contributed by atoms with Gasteiger partial charge in [-0.3, -0.25) is 4.79 Å². The lowest BCUT2D eigenvalue weighted by atomic mass is 10.3. The summed E-state index contributed by atoms with van der Waals surface area (Å²) in [5, 5.41) is 0. The van der Waals surface area contributed by atoms with Gasteiger partial charge in [0.15, 0.2) is 3.78 Å². The van der Waals surface area contributed by atoms with Crippen molar-refractivity contribution in [3.63, 3.8) is 0 Å². The molecule has 0 aromatic carbocycles. The summed E-state index contributed by atoms with van der Waals surface area (Å²) < 4.78 is 3.92. The maximum Gasteiger partial charge on any atom is 0.254 e. The Labute approximate surface area is 105 Å². The van der Waals surface area contributed by atoms with Crippen molar-refractivity contribution in [1.29, 1.82) is 0 Å². The van der Waals surface area contributed by atoms with Gasteiger partial charge in [0.25, 0.3) is 5.91 Å². The number of carbonyl (C=O) groups excluding carboxylic acids is 1. The minimum Gasteiger partial charge on any atom is -0.383 e. The van der Waals surface area contributed by atoms with Crippen LogP contribution in [0.3, 0.4) is 0 Å². The van der Waals surface area contributed by atoms with Crippen LogP contribution in [0.1, 0.15) is 13.3 Å². The van der Waals surface area contributed by atoms with E-state index in [2.05, 4.69) is 22.5 Å². The van der Waals surface area contributed by atoms with Crippen LogP contribution in [-0.2, 0) is 9.53 Å². The molecule has 0 aromatic heterocycles. The Morgan fingerprint density at radius 3 is 2.73 bits per heavy atom. The Balaban J connectivity index is 4.46. The third-order valence-corrected chi connectivity index (χ3v) is 3.29. The van der Waals surface area contributed by atoms with E-state index in [4.69, 9.17) is 16.3 Å². The summed E-state index contributed by atoms with van der Waals surface area (Å²) >= 11 is 9.24. The number of carbonyl (C=O) groups is 1. The summed E-state index contributed by atoms with van der Waals surface area (Å²) in [5.74, 6) is -0.149. The van der Waals surface area contributed by atoms with Crippen molar-refractivity contribution in [2.75, 3.05) is 26.8 Å². The fourth-order valence-corrected chi connectivity index (χ4v) is 1.39. The average molecular weight is 299 g/mol. The molecule has 15 heavy (non-hydrogen) atoms. The Morgan fingerprint density at radius 2 is 2.33 bits per heavy atom. The van der Waals surface area contributed by atoms with Gasteiger partial charge in [0.1, 0.15) is 0 Å². The zero-order valence-corrected chi connectivity index (χ0v) is 11.5. The molecule has 0 aliphatic heterocycles. The molecule has 0 aliphatic carbocycles. The monoisotopic (exact) mass is 297 g/mol. The second-order valence-electron chi connectivity index (χ2n) is 3.09. The molecule has 1 unspecified atom stereocenters. The van der Waals surface area contributed by atoms with Crippen molar-refractivity contribution >= 4 is 33.4 Å². The molecule has 0 heterocycles. The zero-order valence-electron chi connectivity index (χ0n) is 9.13. The van der Waals surface area contributed by atoms with Crippen molar-refractivity contribution in [2.45, 2.75) is 17.1 Å². The number of amides is 1. The van der Waals surface area contributed by atoms with Gasteiger partial charge in [0.2, 0.25) is 0 Å². The molecule has 0 saturated heterocycles. The van der Waals surface area contributed by atoms with Crippen LogP contribution in [0.15, 0.2) is 12.7 Å². The molecular formula is C10H17BrClNO2. The number of hydrogen-bond donors (Lipinski definition) is 0. The van der Waals surface area contributed by atoms with Crippen LogP contribution in [0.2, 0.25) is 0 Å². The van der Waals surface area contributed by atoms with Gasteiger partial charge in [0, 0.05) is 20.2 Å². The molecule has 1 atom stereocenters. The summed E-state index contributed by atoms with van der Waals surface area (Å²) in [4.78, 5) is 13.5. The van der Waals surface area contributed by atoms with Gasteiger partial charge in [-0.1, -0.05) is 40.5 Å². The number of methoxy groups -OCH3 is 1. The van der Waals surface area contributed by atoms with Crippen LogP contribution in [0, 0.1) is 0 Å². The van der Waals surface area contributed by atoms with Crippen molar-refractivity contribution in [3.05, 3.63) is 12.7 Å². The molecule has 0 spiro atoms. The molecule has 0 bridgehead atoms. The van der Waals surface area contributed by atoms with Gasteiger partial charge >= 0.3 is 0 Å². The van der Waals surface area contributed by atoms with Gasteiger partial charge in [0.05, 0.1) is 6.61 Å². The van der Waals surface area contributed by atoms with Crippen molar-refractivity contribution in [1.82, 2.24) is 4.90 Å². The average Bonchev–Trinajstić information content (AvgIpc) is 2.23. The number of ether oxygens (including phenoxy) is 1. The summed E-state index contributed by atoms with van der Waals surface area (Å²) in [6, 6.07) is 0. The van der Waals surface area contributed by atoms with E-state index in [1.54, 1.807) is 18.1 Å². The quantitative estimate of drug-likeness (QED) is 0.533. The smallest absolute Gasteiger partial charge is 0.254 e. The fourth-order valence-electron chi connectivity index (χ4n) is 1.02. The molecule has 0 N–H and O–H groups in total. The van der Waals surface area contributed by atoms with Crippen LogP contribution >= 0.6 is 27.5 Å². The highest BCUT2D eigenvalue weighted by molar-refractivity contribution is 9.10. The minimum absolute atomic E-state index is 0.149. The van der Waals surface area contributed by atoms with E-state index in [1.807, 2.05) is 6.92 Å². The molecular weight excluding hydrogens is 281 g/mol. The topological polar surface area (TPSA) is 29.5 Å². The predicted molar refractivity (Wildman–Crippen MR) is 66.5 cm³/mol. The SMILES string of the molecule is C=CCN(CCOC)C(=O)C(Cl)(Br)CC.